The molecular weight excluding hydrogens is 228 g/mol. The lowest BCUT2D eigenvalue weighted by Crippen LogP contribution is -2.30. The molecule has 0 amide bonds. The first-order valence-corrected chi connectivity index (χ1v) is 7.04. The Morgan fingerprint density at radius 1 is 1.28 bits per heavy atom. The van der Waals surface area contributed by atoms with E-state index in [1.54, 1.807) is 7.11 Å². The Hall–Kier alpha value is -0.570. The number of hydrogen-bond acceptors (Lipinski definition) is 3. The van der Waals surface area contributed by atoms with Gasteiger partial charge in [-0.1, -0.05) is 6.92 Å². The molecule has 3 atom stereocenters. The molecule has 0 bridgehead atoms. The molecule has 0 aromatic carbocycles. The first kappa shape index (κ1) is 15.5. The molecule has 0 spiro atoms. The van der Waals surface area contributed by atoms with E-state index in [2.05, 4.69) is 20.8 Å². The SMILES string of the molecule is COC(C)(C)CCC1CC(C)CC(OC(C)=O)C1. The zero-order valence-corrected chi connectivity index (χ0v) is 12.5. The van der Waals surface area contributed by atoms with Gasteiger partial charge in [-0.25, -0.2) is 0 Å². The fourth-order valence-corrected chi connectivity index (χ4v) is 2.90. The lowest BCUT2D eigenvalue weighted by Gasteiger charge is -2.34. The van der Waals surface area contributed by atoms with Crippen LogP contribution in [0, 0.1) is 11.8 Å². The molecule has 18 heavy (non-hydrogen) atoms. The number of carbonyl (C=O) groups is 1. The predicted molar refractivity (Wildman–Crippen MR) is 72.4 cm³/mol. The van der Waals surface area contributed by atoms with E-state index in [9.17, 15) is 4.79 Å². The number of methoxy groups -OCH3 is 1. The Bertz CT molecular complexity index is 273. The third-order valence-corrected chi connectivity index (χ3v) is 4.04. The van der Waals surface area contributed by atoms with Gasteiger partial charge in [0, 0.05) is 14.0 Å². The standard InChI is InChI=1S/C15H28O3/c1-11-8-13(6-7-15(3,4)17-5)10-14(9-11)18-12(2)16/h11,13-14H,6-10H2,1-5H3. The van der Waals surface area contributed by atoms with Crippen molar-refractivity contribution in [3.8, 4) is 0 Å². The fraction of sp³-hybridized carbons (Fsp3) is 0.933. The third-order valence-electron chi connectivity index (χ3n) is 4.04. The van der Waals surface area contributed by atoms with Crippen molar-refractivity contribution in [2.24, 2.45) is 11.8 Å². The molecule has 3 unspecified atom stereocenters. The molecule has 0 radical (unpaired) electrons. The summed E-state index contributed by atoms with van der Waals surface area (Å²) < 4.78 is 10.8. The first-order chi connectivity index (χ1) is 8.32. The van der Waals surface area contributed by atoms with Crippen LogP contribution in [0.15, 0.2) is 0 Å². The number of rotatable bonds is 5. The summed E-state index contributed by atoms with van der Waals surface area (Å²) in [5.74, 6) is 1.16. The molecule has 0 aromatic rings. The predicted octanol–water partition coefficient (Wildman–Crippen LogP) is 3.56. The maximum Gasteiger partial charge on any atom is 0.302 e. The lowest BCUT2D eigenvalue weighted by atomic mass is 9.77. The van der Waals surface area contributed by atoms with E-state index in [1.807, 2.05) is 0 Å². The Morgan fingerprint density at radius 2 is 1.94 bits per heavy atom. The minimum atomic E-state index is -0.148. The van der Waals surface area contributed by atoms with Crippen molar-refractivity contribution in [1.82, 2.24) is 0 Å². The van der Waals surface area contributed by atoms with Crippen LogP contribution in [0.2, 0.25) is 0 Å². The molecule has 1 rings (SSSR count). The number of ether oxygens (including phenoxy) is 2. The molecule has 1 saturated carbocycles. The summed E-state index contributed by atoms with van der Waals surface area (Å²) in [6.45, 7) is 8.01. The highest BCUT2D eigenvalue weighted by molar-refractivity contribution is 5.66. The molecule has 3 nitrogen and oxygen atoms in total. The van der Waals surface area contributed by atoms with Crippen molar-refractivity contribution >= 4 is 5.97 Å². The monoisotopic (exact) mass is 256 g/mol. The lowest BCUT2D eigenvalue weighted by molar-refractivity contribution is -0.149. The smallest absolute Gasteiger partial charge is 0.302 e. The normalized spacial score (nSPS) is 29.1. The largest absolute Gasteiger partial charge is 0.463 e. The summed E-state index contributed by atoms with van der Waals surface area (Å²) in [5.41, 5.74) is -0.0440. The van der Waals surface area contributed by atoms with Crippen LogP contribution >= 0.6 is 0 Å². The van der Waals surface area contributed by atoms with Gasteiger partial charge in [-0.3, -0.25) is 4.79 Å². The van der Waals surface area contributed by atoms with Crippen molar-refractivity contribution in [3.63, 3.8) is 0 Å². The van der Waals surface area contributed by atoms with Crippen LogP contribution in [0.25, 0.3) is 0 Å². The number of hydrogen-bond donors (Lipinski definition) is 0. The van der Waals surface area contributed by atoms with Crippen LogP contribution in [0.3, 0.4) is 0 Å². The van der Waals surface area contributed by atoms with Crippen LogP contribution in [0.5, 0.6) is 0 Å². The van der Waals surface area contributed by atoms with Crippen LogP contribution < -0.4 is 0 Å². The highest BCUT2D eigenvalue weighted by Gasteiger charge is 2.29. The molecule has 0 heterocycles. The van der Waals surface area contributed by atoms with Crippen LogP contribution in [0.4, 0.5) is 0 Å². The van der Waals surface area contributed by atoms with E-state index in [-0.39, 0.29) is 17.7 Å². The van der Waals surface area contributed by atoms with Crippen molar-refractivity contribution < 1.29 is 14.3 Å². The van der Waals surface area contributed by atoms with E-state index in [0.717, 1.165) is 25.7 Å². The average molecular weight is 256 g/mol. The number of esters is 1. The molecule has 0 N–H and O–H groups in total. The summed E-state index contributed by atoms with van der Waals surface area (Å²) >= 11 is 0. The van der Waals surface area contributed by atoms with Gasteiger partial charge in [-0.05, 0) is 57.8 Å². The van der Waals surface area contributed by atoms with Crippen molar-refractivity contribution in [2.75, 3.05) is 7.11 Å². The van der Waals surface area contributed by atoms with Gasteiger partial charge in [0.2, 0.25) is 0 Å². The van der Waals surface area contributed by atoms with Gasteiger partial charge in [0.15, 0.2) is 0 Å². The minimum Gasteiger partial charge on any atom is -0.463 e. The minimum absolute atomic E-state index is 0.0440. The maximum absolute atomic E-state index is 11.0. The third kappa shape index (κ3) is 5.38. The Balaban J connectivity index is 2.43. The second kappa shape index (κ2) is 6.55. The van der Waals surface area contributed by atoms with E-state index in [4.69, 9.17) is 9.47 Å². The van der Waals surface area contributed by atoms with Crippen molar-refractivity contribution in [1.29, 1.82) is 0 Å². The van der Waals surface area contributed by atoms with Gasteiger partial charge < -0.3 is 9.47 Å². The Labute approximate surface area is 111 Å². The summed E-state index contributed by atoms with van der Waals surface area (Å²) in [6, 6.07) is 0. The Kier molecular flexibility index (Phi) is 5.64. The zero-order valence-electron chi connectivity index (χ0n) is 12.5. The van der Waals surface area contributed by atoms with Gasteiger partial charge in [-0.2, -0.15) is 0 Å². The Morgan fingerprint density at radius 3 is 2.50 bits per heavy atom. The molecule has 1 aliphatic carbocycles. The van der Waals surface area contributed by atoms with Gasteiger partial charge in [-0.15, -0.1) is 0 Å². The summed E-state index contributed by atoms with van der Waals surface area (Å²) in [5, 5.41) is 0. The first-order valence-electron chi connectivity index (χ1n) is 7.04. The summed E-state index contributed by atoms with van der Waals surface area (Å²) in [7, 11) is 1.77. The topological polar surface area (TPSA) is 35.5 Å². The molecule has 106 valence electrons. The van der Waals surface area contributed by atoms with Gasteiger partial charge in [0.05, 0.1) is 5.60 Å². The van der Waals surface area contributed by atoms with Crippen LogP contribution in [-0.4, -0.2) is 24.8 Å². The van der Waals surface area contributed by atoms with Crippen LogP contribution in [0.1, 0.15) is 59.8 Å². The summed E-state index contributed by atoms with van der Waals surface area (Å²) in [4.78, 5) is 11.0. The van der Waals surface area contributed by atoms with Gasteiger partial charge >= 0.3 is 5.97 Å². The second-order valence-electron chi connectivity index (χ2n) is 6.41. The van der Waals surface area contributed by atoms with Crippen molar-refractivity contribution in [3.05, 3.63) is 0 Å². The van der Waals surface area contributed by atoms with E-state index >= 15 is 0 Å². The van der Waals surface area contributed by atoms with Gasteiger partial charge in [0.1, 0.15) is 6.10 Å². The number of carbonyl (C=O) groups excluding carboxylic acids is 1. The molecular formula is C15H28O3. The second-order valence-corrected chi connectivity index (χ2v) is 6.41. The summed E-state index contributed by atoms with van der Waals surface area (Å²) in [6.07, 6.45) is 5.63. The molecule has 1 aliphatic rings. The molecule has 3 heteroatoms. The highest BCUT2D eigenvalue weighted by Crippen LogP contribution is 2.35. The quantitative estimate of drug-likeness (QED) is 0.706. The molecule has 0 aromatic heterocycles. The molecule has 0 saturated heterocycles. The van der Waals surface area contributed by atoms with E-state index in [1.165, 1.54) is 13.3 Å². The van der Waals surface area contributed by atoms with E-state index in [0.29, 0.717) is 11.8 Å². The van der Waals surface area contributed by atoms with Gasteiger partial charge in [0.25, 0.3) is 0 Å². The van der Waals surface area contributed by atoms with E-state index < -0.39 is 0 Å². The molecule has 1 fully saturated rings. The maximum atomic E-state index is 11.0. The zero-order chi connectivity index (χ0) is 13.8. The highest BCUT2D eigenvalue weighted by atomic mass is 16.5. The fourth-order valence-electron chi connectivity index (χ4n) is 2.90. The van der Waals surface area contributed by atoms with Crippen LogP contribution in [-0.2, 0) is 14.3 Å². The average Bonchev–Trinajstić information content (AvgIpc) is 2.25. The molecule has 0 aliphatic heterocycles. The van der Waals surface area contributed by atoms with Crippen molar-refractivity contribution in [2.45, 2.75) is 71.5 Å².